The minimum absolute atomic E-state index is 0.00164. The van der Waals surface area contributed by atoms with Crippen molar-refractivity contribution < 1.29 is 33.1 Å². The Balaban J connectivity index is 2.24. The molecule has 0 heterocycles. The van der Waals surface area contributed by atoms with Gasteiger partial charge in [-0.1, -0.05) is 46.0 Å². The molecular formula is C26H41N3O8S. The topological polar surface area (TPSA) is 167 Å². The van der Waals surface area contributed by atoms with E-state index in [1.165, 1.54) is 16.4 Å². The number of benzene rings is 1. The van der Waals surface area contributed by atoms with E-state index < -0.39 is 33.1 Å². The number of nitro benzene ring substituents is 1. The fourth-order valence-corrected chi connectivity index (χ4v) is 6.18. The monoisotopic (exact) mass is 555 g/mol. The maximum absolute atomic E-state index is 13.5. The van der Waals surface area contributed by atoms with Crippen LogP contribution in [0, 0.1) is 22.0 Å². The van der Waals surface area contributed by atoms with E-state index in [0.717, 1.165) is 44.2 Å². The lowest BCUT2D eigenvalue weighted by Gasteiger charge is -2.33. The number of carboxylic acids is 1. The van der Waals surface area contributed by atoms with Gasteiger partial charge >= 0.3 is 5.97 Å². The number of nitrogens with zero attached hydrogens (tertiary/aromatic N) is 2. The molecule has 0 spiro atoms. The molecule has 1 saturated carbocycles. The number of hydrogen-bond donors (Lipinski definition) is 3. The zero-order chi connectivity index (χ0) is 28.3. The predicted molar refractivity (Wildman–Crippen MR) is 142 cm³/mol. The van der Waals surface area contributed by atoms with Crippen molar-refractivity contribution >= 4 is 27.6 Å². The molecule has 3 N–H and O–H groups in total. The fourth-order valence-electron chi connectivity index (χ4n) is 4.71. The average molecular weight is 556 g/mol. The quantitative estimate of drug-likeness (QED) is 0.205. The maximum Gasteiger partial charge on any atom is 0.303 e. The van der Waals surface area contributed by atoms with Crippen LogP contribution in [0.4, 0.5) is 5.69 Å². The number of sulfonamides is 1. The Kier molecular flexibility index (Phi) is 12.6. The molecule has 1 aromatic carbocycles. The number of aliphatic carboxylic acids is 1. The Bertz CT molecular complexity index is 1020. The summed E-state index contributed by atoms with van der Waals surface area (Å²) in [6.45, 7) is 3.79. The highest BCUT2D eigenvalue weighted by Gasteiger charge is 2.32. The normalized spacial score (nSPS) is 16.3. The molecule has 2 atom stereocenters. The van der Waals surface area contributed by atoms with Gasteiger partial charge < -0.3 is 15.5 Å². The molecule has 11 nitrogen and oxygen atoms in total. The zero-order valence-electron chi connectivity index (χ0n) is 22.3. The SMILES string of the molecule is CC(C)CCN(CC(O)[C@H](CC1CCCCC1)NC(=O)CCCC(=O)O)S(=O)(=O)c1ccc([N+](=O)[O-])cc1. The molecule has 2 rings (SSSR count). The molecule has 0 bridgehead atoms. The standard InChI is InChI=1S/C26H41N3O8S/c1-19(2)15-16-28(38(36,37)22-13-11-21(12-14-22)29(34)35)18-24(30)23(17-20-7-4-3-5-8-20)27-25(31)9-6-10-26(32)33/h11-14,19-20,23-24,30H,3-10,15-18H2,1-2H3,(H,27,31)(H,32,33)/t23-,24?/m0/s1. The number of hydrogen-bond acceptors (Lipinski definition) is 7. The molecule has 0 radical (unpaired) electrons. The van der Waals surface area contributed by atoms with Crippen LogP contribution in [0.5, 0.6) is 0 Å². The molecule has 0 saturated heterocycles. The second-order valence-corrected chi connectivity index (χ2v) is 12.5. The highest BCUT2D eigenvalue weighted by molar-refractivity contribution is 7.89. The number of rotatable bonds is 16. The summed E-state index contributed by atoms with van der Waals surface area (Å²) in [4.78, 5) is 33.7. The molecule has 1 aromatic rings. The third-order valence-corrected chi connectivity index (χ3v) is 8.83. The summed E-state index contributed by atoms with van der Waals surface area (Å²) in [6, 6.07) is 3.95. The summed E-state index contributed by atoms with van der Waals surface area (Å²) in [5.41, 5.74) is -0.226. The summed E-state index contributed by atoms with van der Waals surface area (Å²) in [7, 11) is -4.08. The summed E-state index contributed by atoms with van der Waals surface area (Å²) < 4.78 is 28.2. The first-order valence-corrected chi connectivity index (χ1v) is 14.8. The zero-order valence-corrected chi connectivity index (χ0v) is 23.1. The number of non-ortho nitro benzene ring substituents is 1. The lowest BCUT2D eigenvalue weighted by Crippen LogP contribution is -2.50. The van der Waals surface area contributed by atoms with Crippen LogP contribution in [0.25, 0.3) is 0 Å². The third kappa shape index (κ3) is 10.3. The van der Waals surface area contributed by atoms with Crippen molar-refractivity contribution in [3.63, 3.8) is 0 Å². The lowest BCUT2D eigenvalue weighted by atomic mass is 9.83. The van der Waals surface area contributed by atoms with Crippen molar-refractivity contribution in [3.05, 3.63) is 34.4 Å². The van der Waals surface area contributed by atoms with E-state index in [4.69, 9.17) is 5.11 Å². The summed E-state index contributed by atoms with van der Waals surface area (Å²) in [5.74, 6) is -0.890. The number of aliphatic hydroxyl groups is 1. The second kappa shape index (κ2) is 15.1. The highest BCUT2D eigenvalue weighted by atomic mass is 32.2. The number of carbonyl (C=O) groups is 2. The van der Waals surface area contributed by atoms with Crippen molar-refractivity contribution in [1.82, 2.24) is 9.62 Å². The Morgan fingerprint density at radius 2 is 1.76 bits per heavy atom. The first kappa shape index (κ1) is 31.6. The Morgan fingerprint density at radius 3 is 2.32 bits per heavy atom. The van der Waals surface area contributed by atoms with Gasteiger partial charge in [0.05, 0.1) is 22.0 Å². The van der Waals surface area contributed by atoms with Gasteiger partial charge in [-0.15, -0.1) is 0 Å². The summed E-state index contributed by atoms with van der Waals surface area (Å²) in [6.07, 6.45) is 5.08. The Labute approximate surface area is 224 Å². The van der Waals surface area contributed by atoms with E-state index in [1.54, 1.807) is 0 Å². The first-order chi connectivity index (χ1) is 17.9. The van der Waals surface area contributed by atoms with Gasteiger partial charge in [0.25, 0.3) is 5.69 Å². The predicted octanol–water partition coefficient (Wildman–Crippen LogP) is 3.70. The number of amides is 1. The molecule has 1 aliphatic carbocycles. The van der Waals surface area contributed by atoms with Crippen LogP contribution < -0.4 is 5.32 Å². The van der Waals surface area contributed by atoms with Gasteiger partial charge in [-0.3, -0.25) is 19.7 Å². The molecular weight excluding hydrogens is 514 g/mol. The van der Waals surface area contributed by atoms with E-state index in [9.17, 15) is 33.2 Å². The first-order valence-electron chi connectivity index (χ1n) is 13.3. The summed E-state index contributed by atoms with van der Waals surface area (Å²) >= 11 is 0. The highest BCUT2D eigenvalue weighted by Crippen LogP contribution is 2.29. The molecule has 0 aromatic heterocycles. The van der Waals surface area contributed by atoms with E-state index in [0.29, 0.717) is 12.8 Å². The van der Waals surface area contributed by atoms with Gasteiger partial charge in [-0.2, -0.15) is 4.31 Å². The third-order valence-electron chi connectivity index (χ3n) is 6.95. The molecule has 1 unspecified atom stereocenters. The van der Waals surface area contributed by atoms with Gasteiger partial charge in [0, 0.05) is 38.1 Å². The largest absolute Gasteiger partial charge is 0.481 e. The van der Waals surface area contributed by atoms with Crippen LogP contribution in [0.15, 0.2) is 29.2 Å². The van der Waals surface area contributed by atoms with E-state index in [2.05, 4.69) is 5.32 Å². The van der Waals surface area contributed by atoms with E-state index >= 15 is 0 Å². The molecule has 1 amide bonds. The van der Waals surface area contributed by atoms with Crippen molar-refractivity contribution in [1.29, 1.82) is 0 Å². The van der Waals surface area contributed by atoms with Gasteiger partial charge in [0.15, 0.2) is 0 Å². The van der Waals surface area contributed by atoms with Crippen LogP contribution in [0.1, 0.15) is 78.1 Å². The molecule has 38 heavy (non-hydrogen) atoms. The van der Waals surface area contributed by atoms with Crippen LogP contribution in [0.3, 0.4) is 0 Å². The van der Waals surface area contributed by atoms with Gasteiger partial charge in [0.1, 0.15) is 0 Å². The summed E-state index contributed by atoms with van der Waals surface area (Å²) in [5, 5.41) is 33.9. The van der Waals surface area contributed by atoms with Crippen LogP contribution in [-0.4, -0.2) is 65.0 Å². The Hall–Kier alpha value is -2.57. The smallest absolute Gasteiger partial charge is 0.303 e. The van der Waals surface area contributed by atoms with Crippen LogP contribution in [-0.2, 0) is 19.6 Å². The number of carbonyl (C=O) groups excluding carboxylic acids is 1. The second-order valence-electron chi connectivity index (χ2n) is 10.5. The van der Waals surface area contributed by atoms with Gasteiger partial charge in [-0.25, -0.2) is 8.42 Å². The van der Waals surface area contributed by atoms with E-state index in [-0.39, 0.29) is 60.7 Å². The van der Waals surface area contributed by atoms with Crippen molar-refractivity contribution in [2.45, 2.75) is 95.1 Å². The number of nitro groups is 1. The molecule has 1 fully saturated rings. The average Bonchev–Trinajstić information content (AvgIpc) is 2.86. The van der Waals surface area contributed by atoms with Crippen molar-refractivity contribution in [3.8, 4) is 0 Å². The van der Waals surface area contributed by atoms with Crippen LogP contribution in [0.2, 0.25) is 0 Å². The minimum atomic E-state index is -4.08. The maximum atomic E-state index is 13.5. The fraction of sp³-hybridized carbons (Fsp3) is 0.692. The molecule has 12 heteroatoms. The van der Waals surface area contributed by atoms with Crippen molar-refractivity contribution in [2.24, 2.45) is 11.8 Å². The lowest BCUT2D eigenvalue weighted by molar-refractivity contribution is -0.384. The van der Waals surface area contributed by atoms with Gasteiger partial charge in [-0.05, 0) is 43.2 Å². The van der Waals surface area contributed by atoms with E-state index in [1.807, 2.05) is 13.8 Å². The van der Waals surface area contributed by atoms with Gasteiger partial charge in [0.2, 0.25) is 15.9 Å². The minimum Gasteiger partial charge on any atom is -0.481 e. The molecule has 0 aliphatic heterocycles. The number of nitrogens with one attached hydrogen (secondary N) is 1. The Morgan fingerprint density at radius 1 is 1.13 bits per heavy atom. The number of carboxylic acid groups (broad SMARTS) is 1. The number of aliphatic hydroxyl groups excluding tert-OH is 1. The molecule has 214 valence electrons. The van der Waals surface area contributed by atoms with Crippen molar-refractivity contribution in [2.75, 3.05) is 13.1 Å². The molecule has 1 aliphatic rings. The van der Waals surface area contributed by atoms with Crippen LogP contribution >= 0.6 is 0 Å².